The molecule has 15 heteroatoms. The van der Waals surface area contributed by atoms with E-state index in [0.717, 1.165) is 11.1 Å². The van der Waals surface area contributed by atoms with Gasteiger partial charge in [-0.2, -0.15) is 13.2 Å². The molecule has 0 aliphatic rings. The number of carbonyl (C=O) groups is 5. The summed E-state index contributed by atoms with van der Waals surface area (Å²) < 4.78 is 42.2. The van der Waals surface area contributed by atoms with Gasteiger partial charge in [0.25, 0.3) is 0 Å². The van der Waals surface area contributed by atoms with E-state index < -0.39 is 55.0 Å². The summed E-state index contributed by atoms with van der Waals surface area (Å²) in [5.41, 5.74) is 2.57. The van der Waals surface area contributed by atoms with Gasteiger partial charge < -0.3 is 26.0 Å². The highest BCUT2D eigenvalue weighted by molar-refractivity contribution is 5.90. The zero-order chi connectivity index (χ0) is 32.8. The number of alkyl halides is 3. The summed E-state index contributed by atoms with van der Waals surface area (Å²) in [6.45, 7) is -0.568. The predicted octanol–water partition coefficient (Wildman–Crippen LogP) is 3.80. The highest BCUT2D eigenvalue weighted by Crippen LogP contribution is 2.24. The molecule has 0 aliphatic heterocycles. The van der Waals surface area contributed by atoms with Crippen molar-refractivity contribution >= 4 is 35.5 Å². The number of carbonyl (C=O) groups excluding carboxylic acids is 5. The fourth-order valence-corrected chi connectivity index (χ4v) is 3.77. The van der Waals surface area contributed by atoms with Crippen molar-refractivity contribution in [1.82, 2.24) is 16.0 Å². The quantitative estimate of drug-likeness (QED) is 0.174. The number of anilines is 1. The van der Waals surface area contributed by atoms with E-state index in [9.17, 15) is 37.1 Å². The zero-order valence-corrected chi connectivity index (χ0v) is 23.8. The number of benzene rings is 3. The molecule has 0 fully saturated rings. The van der Waals surface area contributed by atoms with Crippen molar-refractivity contribution in [2.24, 2.45) is 0 Å². The summed E-state index contributed by atoms with van der Waals surface area (Å²) in [4.78, 5) is 67.4. The van der Waals surface area contributed by atoms with Gasteiger partial charge in [-0.1, -0.05) is 54.6 Å². The molecule has 4 amide bonds. The Balaban J connectivity index is 1.52. The SMILES string of the molecule is COc1ccc(NC(=O)NCCC(=O)NCC(=O)NC(CC(=O)OOC(=O)C(F)(F)F)c2ccc(-c3ccccc3)cc2)cc1. The Bertz CT molecular complexity index is 1470. The summed E-state index contributed by atoms with van der Waals surface area (Å²) >= 11 is 0. The number of hydrogen-bond acceptors (Lipinski definition) is 8. The molecule has 3 rings (SSSR count). The number of amides is 4. The fraction of sp³-hybridized carbons (Fsp3) is 0.233. The number of hydrogen-bond donors (Lipinski definition) is 4. The van der Waals surface area contributed by atoms with Crippen LogP contribution in [0.15, 0.2) is 78.9 Å². The number of ether oxygens (including phenoxy) is 1. The highest BCUT2D eigenvalue weighted by Gasteiger charge is 2.43. The van der Waals surface area contributed by atoms with Gasteiger partial charge in [0.15, 0.2) is 0 Å². The van der Waals surface area contributed by atoms with Crippen molar-refractivity contribution < 1.29 is 51.7 Å². The molecule has 0 spiro atoms. The van der Waals surface area contributed by atoms with Crippen molar-refractivity contribution in [3.05, 3.63) is 84.4 Å². The van der Waals surface area contributed by atoms with Crippen molar-refractivity contribution in [1.29, 1.82) is 0 Å². The number of methoxy groups -OCH3 is 1. The van der Waals surface area contributed by atoms with E-state index in [4.69, 9.17) is 4.74 Å². The lowest BCUT2D eigenvalue weighted by molar-refractivity contribution is -0.286. The van der Waals surface area contributed by atoms with Crippen LogP contribution in [-0.4, -0.2) is 56.2 Å². The number of urea groups is 1. The van der Waals surface area contributed by atoms with Crippen LogP contribution in [0, 0.1) is 0 Å². The van der Waals surface area contributed by atoms with Gasteiger partial charge in [-0.25, -0.2) is 24.2 Å². The maximum atomic E-state index is 12.6. The topological polar surface area (TPSA) is 161 Å². The largest absolute Gasteiger partial charge is 0.497 e. The Morgan fingerprint density at radius 1 is 0.778 bits per heavy atom. The van der Waals surface area contributed by atoms with Crippen LogP contribution in [0.5, 0.6) is 5.75 Å². The van der Waals surface area contributed by atoms with Gasteiger partial charge >= 0.3 is 24.1 Å². The van der Waals surface area contributed by atoms with Gasteiger partial charge in [0, 0.05) is 18.7 Å². The van der Waals surface area contributed by atoms with Gasteiger partial charge in [0.2, 0.25) is 11.8 Å². The molecule has 0 saturated carbocycles. The van der Waals surface area contributed by atoms with Gasteiger partial charge in [-0.05, 0) is 41.0 Å². The van der Waals surface area contributed by atoms with Crippen molar-refractivity contribution in [2.75, 3.05) is 25.5 Å². The second-order valence-corrected chi connectivity index (χ2v) is 9.27. The standard InChI is InChI=1S/C30H29F3N4O8/c1-43-23-13-11-22(12-14-23)36-29(42)34-16-15-25(38)35-18-26(39)37-24(17-27(40)44-45-28(41)30(31,32)33)21-9-7-20(8-10-21)19-5-3-2-4-6-19/h2-14,24H,15-18H2,1H3,(H,35,38)(H,37,39)(H2,34,36,42). The first-order chi connectivity index (χ1) is 21.4. The first-order valence-electron chi connectivity index (χ1n) is 13.3. The minimum Gasteiger partial charge on any atom is -0.497 e. The normalized spacial score (nSPS) is 11.4. The van der Waals surface area contributed by atoms with E-state index in [-0.39, 0.29) is 13.0 Å². The van der Waals surface area contributed by atoms with E-state index >= 15 is 0 Å². The summed E-state index contributed by atoms with van der Waals surface area (Å²) in [5.74, 6) is -4.80. The van der Waals surface area contributed by atoms with Crippen LogP contribution in [0.4, 0.5) is 23.7 Å². The molecule has 3 aromatic rings. The summed E-state index contributed by atoms with van der Waals surface area (Å²) in [6.07, 6.45) is -6.25. The Morgan fingerprint density at radius 3 is 2.04 bits per heavy atom. The molecular formula is C30H29F3N4O8. The Hall–Kier alpha value is -5.60. The maximum Gasteiger partial charge on any atom is 0.495 e. The molecule has 1 atom stereocenters. The van der Waals surface area contributed by atoms with E-state index in [0.29, 0.717) is 17.0 Å². The maximum absolute atomic E-state index is 12.6. The third kappa shape index (κ3) is 11.5. The molecule has 0 saturated heterocycles. The predicted molar refractivity (Wildman–Crippen MR) is 153 cm³/mol. The third-order valence-corrected chi connectivity index (χ3v) is 6.00. The van der Waals surface area contributed by atoms with Gasteiger partial charge in [0.1, 0.15) is 5.75 Å². The molecule has 0 aromatic heterocycles. The molecule has 3 aromatic carbocycles. The molecule has 0 aliphatic carbocycles. The second kappa shape index (κ2) is 16.3. The monoisotopic (exact) mass is 630 g/mol. The summed E-state index contributed by atoms with van der Waals surface area (Å²) in [6, 6.07) is 20.7. The lowest BCUT2D eigenvalue weighted by Gasteiger charge is -2.19. The molecule has 0 bridgehead atoms. The van der Waals surface area contributed by atoms with E-state index in [1.165, 1.54) is 7.11 Å². The second-order valence-electron chi connectivity index (χ2n) is 9.27. The van der Waals surface area contributed by atoms with E-state index in [2.05, 4.69) is 31.0 Å². The zero-order valence-electron chi connectivity index (χ0n) is 23.8. The first kappa shape index (κ1) is 33.9. The van der Waals surface area contributed by atoms with Gasteiger partial charge in [-0.15, -0.1) is 0 Å². The average molecular weight is 631 g/mol. The van der Waals surface area contributed by atoms with Crippen LogP contribution in [0.1, 0.15) is 24.4 Å². The smallest absolute Gasteiger partial charge is 0.495 e. The van der Waals surface area contributed by atoms with Crippen LogP contribution in [0.2, 0.25) is 0 Å². The molecule has 238 valence electrons. The third-order valence-electron chi connectivity index (χ3n) is 6.00. The van der Waals surface area contributed by atoms with Crippen molar-refractivity contribution in [2.45, 2.75) is 25.1 Å². The summed E-state index contributed by atoms with van der Waals surface area (Å²) in [5, 5.41) is 9.95. The molecular weight excluding hydrogens is 601 g/mol. The molecule has 45 heavy (non-hydrogen) atoms. The van der Waals surface area contributed by atoms with Crippen LogP contribution in [0.25, 0.3) is 11.1 Å². The number of halogens is 3. The van der Waals surface area contributed by atoms with Gasteiger partial charge in [-0.3, -0.25) is 9.59 Å². The Morgan fingerprint density at radius 2 is 1.42 bits per heavy atom. The van der Waals surface area contributed by atoms with Crippen LogP contribution in [0.3, 0.4) is 0 Å². The first-order valence-corrected chi connectivity index (χ1v) is 13.3. The fourth-order valence-electron chi connectivity index (χ4n) is 3.77. The molecule has 1 unspecified atom stereocenters. The number of nitrogens with one attached hydrogen (secondary N) is 4. The Labute approximate surface area is 255 Å². The number of rotatable bonds is 12. The molecule has 0 heterocycles. The van der Waals surface area contributed by atoms with Gasteiger partial charge in [0.05, 0.1) is 26.1 Å². The van der Waals surface area contributed by atoms with Crippen LogP contribution < -0.4 is 26.0 Å². The van der Waals surface area contributed by atoms with E-state index in [1.54, 1.807) is 48.5 Å². The van der Waals surface area contributed by atoms with Crippen LogP contribution >= 0.6 is 0 Å². The highest BCUT2D eigenvalue weighted by atomic mass is 19.4. The molecule has 4 N–H and O–H groups in total. The lowest BCUT2D eigenvalue weighted by atomic mass is 9.99. The van der Waals surface area contributed by atoms with E-state index in [1.807, 2.05) is 30.3 Å². The lowest BCUT2D eigenvalue weighted by Crippen LogP contribution is -2.40. The molecule has 12 nitrogen and oxygen atoms in total. The van der Waals surface area contributed by atoms with Crippen molar-refractivity contribution in [3.8, 4) is 16.9 Å². The van der Waals surface area contributed by atoms with Crippen molar-refractivity contribution in [3.63, 3.8) is 0 Å². The summed E-state index contributed by atoms with van der Waals surface area (Å²) in [7, 11) is 1.51. The molecule has 0 radical (unpaired) electrons. The Kier molecular flexibility index (Phi) is 12.3. The average Bonchev–Trinajstić information content (AvgIpc) is 3.02. The minimum absolute atomic E-state index is 0.0473. The minimum atomic E-state index is -5.38. The van der Waals surface area contributed by atoms with Crippen LogP contribution in [-0.2, 0) is 29.0 Å².